The molecule has 56 valence electrons. The predicted octanol–water partition coefficient (Wildman–Crippen LogP) is 0.939. The number of nitrogen functional groups attached to an aromatic ring is 1. The summed E-state index contributed by atoms with van der Waals surface area (Å²) >= 11 is 0. The smallest absolute Gasteiger partial charge is 0.338 e. The summed E-state index contributed by atoms with van der Waals surface area (Å²) in [7, 11) is 0. The molecule has 2 rings (SSSR count). The van der Waals surface area contributed by atoms with E-state index in [0.717, 1.165) is 5.56 Å². The van der Waals surface area contributed by atoms with Crippen LogP contribution in [0.1, 0.15) is 15.9 Å². The van der Waals surface area contributed by atoms with Crippen molar-refractivity contribution >= 4 is 11.7 Å². The van der Waals surface area contributed by atoms with Crippen molar-refractivity contribution < 1.29 is 9.53 Å². The molecule has 0 amide bonds. The molecule has 0 saturated heterocycles. The maximum atomic E-state index is 10.9. The highest BCUT2D eigenvalue weighted by molar-refractivity contribution is 5.94. The first-order valence-electron chi connectivity index (χ1n) is 3.33. The fourth-order valence-corrected chi connectivity index (χ4v) is 1.13. The third-order valence-corrected chi connectivity index (χ3v) is 1.71. The molecule has 0 unspecified atom stereocenters. The molecule has 2 N–H and O–H groups in total. The van der Waals surface area contributed by atoms with Gasteiger partial charge >= 0.3 is 5.97 Å². The lowest BCUT2D eigenvalue weighted by Gasteiger charge is -1.94. The number of fused-ring (bicyclic) bond motifs is 1. The van der Waals surface area contributed by atoms with E-state index in [-0.39, 0.29) is 5.97 Å². The molecule has 1 aliphatic heterocycles. The largest absolute Gasteiger partial charge is 0.457 e. The number of hydrogen-bond acceptors (Lipinski definition) is 3. The summed E-state index contributed by atoms with van der Waals surface area (Å²) < 4.78 is 4.78. The first kappa shape index (κ1) is 6.22. The predicted molar refractivity (Wildman–Crippen MR) is 40.0 cm³/mol. The summed E-state index contributed by atoms with van der Waals surface area (Å²) in [6.45, 7) is 0.383. The Morgan fingerprint density at radius 2 is 2.27 bits per heavy atom. The average Bonchev–Trinajstić information content (AvgIpc) is 2.33. The molecular formula is C8H7NO2. The SMILES string of the molecule is Nc1ccc2c(c1)C(=O)OC2. The van der Waals surface area contributed by atoms with Crippen LogP contribution in [0.25, 0.3) is 0 Å². The van der Waals surface area contributed by atoms with E-state index < -0.39 is 0 Å². The molecule has 1 aromatic carbocycles. The quantitative estimate of drug-likeness (QED) is 0.441. The molecule has 0 bridgehead atoms. The van der Waals surface area contributed by atoms with Gasteiger partial charge in [-0.15, -0.1) is 0 Å². The van der Waals surface area contributed by atoms with Gasteiger partial charge in [0.1, 0.15) is 6.61 Å². The van der Waals surface area contributed by atoms with Crippen molar-refractivity contribution in [1.29, 1.82) is 0 Å². The fourth-order valence-electron chi connectivity index (χ4n) is 1.13. The Balaban J connectivity index is 2.60. The van der Waals surface area contributed by atoms with E-state index in [2.05, 4.69) is 0 Å². The third-order valence-electron chi connectivity index (χ3n) is 1.71. The minimum atomic E-state index is -0.271. The highest BCUT2D eigenvalue weighted by Crippen LogP contribution is 2.21. The van der Waals surface area contributed by atoms with Crippen molar-refractivity contribution in [3.05, 3.63) is 29.3 Å². The number of nitrogens with two attached hydrogens (primary N) is 1. The molecule has 1 aliphatic rings. The van der Waals surface area contributed by atoms with Crippen molar-refractivity contribution in [3.8, 4) is 0 Å². The Morgan fingerprint density at radius 3 is 3.09 bits per heavy atom. The second-order valence-electron chi connectivity index (χ2n) is 2.49. The van der Waals surface area contributed by atoms with Crippen LogP contribution in [0, 0.1) is 0 Å². The van der Waals surface area contributed by atoms with Crippen LogP contribution in [-0.2, 0) is 11.3 Å². The standard InChI is InChI=1S/C8H7NO2/c9-6-2-1-5-4-11-8(10)7(5)3-6/h1-3H,4,9H2. The van der Waals surface area contributed by atoms with Crippen LogP contribution >= 0.6 is 0 Å². The minimum Gasteiger partial charge on any atom is -0.457 e. The van der Waals surface area contributed by atoms with E-state index in [1.807, 2.05) is 6.07 Å². The highest BCUT2D eigenvalue weighted by atomic mass is 16.5. The number of rotatable bonds is 0. The molecule has 3 nitrogen and oxygen atoms in total. The van der Waals surface area contributed by atoms with Crippen LogP contribution in [0.4, 0.5) is 5.69 Å². The topological polar surface area (TPSA) is 52.3 Å². The van der Waals surface area contributed by atoms with Crippen LogP contribution in [-0.4, -0.2) is 5.97 Å². The molecule has 1 heterocycles. The van der Waals surface area contributed by atoms with E-state index in [1.54, 1.807) is 12.1 Å². The molecule has 0 aliphatic carbocycles. The monoisotopic (exact) mass is 149 g/mol. The molecule has 3 heteroatoms. The van der Waals surface area contributed by atoms with Gasteiger partial charge in [0.2, 0.25) is 0 Å². The number of hydrogen-bond donors (Lipinski definition) is 1. The minimum absolute atomic E-state index is 0.271. The molecule has 0 atom stereocenters. The molecule has 0 radical (unpaired) electrons. The van der Waals surface area contributed by atoms with Crippen molar-refractivity contribution in [2.24, 2.45) is 0 Å². The van der Waals surface area contributed by atoms with Gasteiger partial charge in [0, 0.05) is 11.3 Å². The van der Waals surface area contributed by atoms with Gasteiger partial charge in [-0.1, -0.05) is 6.07 Å². The number of esters is 1. The van der Waals surface area contributed by atoms with E-state index >= 15 is 0 Å². The summed E-state index contributed by atoms with van der Waals surface area (Å²) in [5.74, 6) is -0.271. The Labute approximate surface area is 63.8 Å². The summed E-state index contributed by atoms with van der Waals surface area (Å²) in [5.41, 5.74) is 7.61. The zero-order valence-electron chi connectivity index (χ0n) is 5.83. The normalized spacial score (nSPS) is 14.4. The van der Waals surface area contributed by atoms with Gasteiger partial charge in [0.15, 0.2) is 0 Å². The van der Waals surface area contributed by atoms with Crippen LogP contribution in [0.3, 0.4) is 0 Å². The number of benzene rings is 1. The van der Waals surface area contributed by atoms with Gasteiger partial charge in [0.05, 0.1) is 5.56 Å². The second kappa shape index (κ2) is 1.99. The molecule has 1 aromatic rings. The zero-order valence-corrected chi connectivity index (χ0v) is 5.83. The number of carbonyl (C=O) groups is 1. The number of carbonyl (C=O) groups excluding carboxylic acids is 1. The van der Waals surface area contributed by atoms with Gasteiger partial charge in [-0.05, 0) is 12.1 Å². The highest BCUT2D eigenvalue weighted by Gasteiger charge is 2.20. The first-order valence-corrected chi connectivity index (χ1v) is 3.33. The fraction of sp³-hybridized carbons (Fsp3) is 0.125. The van der Waals surface area contributed by atoms with Gasteiger partial charge < -0.3 is 10.5 Å². The summed E-state index contributed by atoms with van der Waals surface area (Å²) in [6.07, 6.45) is 0. The van der Waals surface area contributed by atoms with Gasteiger partial charge in [-0.25, -0.2) is 4.79 Å². The molecule has 0 spiro atoms. The summed E-state index contributed by atoms with van der Waals surface area (Å²) in [5, 5.41) is 0. The Kier molecular flexibility index (Phi) is 1.12. The zero-order chi connectivity index (χ0) is 7.84. The molecule has 11 heavy (non-hydrogen) atoms. The third kappa shape index (κ3) is 0.852. The van der Waals surface area contributed by atoms with Crippen LogP contribution in [0.2, 0.25) is 0 Å². The maximum absolute atomic E-state index is 10.9. The van der Waals surface area contributed by atoms with Crippen molar-refractivity contribution in [1.82, 2.24) is 0 Å². The number of anilines is 1. The molecule has 0 fully saturated rings. The van der Waals surface area contributed by atoms with Gasteiger partial charge in [-0.2, -0.15) is 0 Å². The van der Waals surface area contributed by atoms with Crippen LogP contribution < -0.4 is 5.73 Å². The van der Waals surface area contributed by atoms with Crippen LogP contribution in [0.5, 0.6) is 0 Å². The average molecular weight is 149 g/mol. The molecule has 0 saturated carbocycles. The summed E-state index contributed by atoms with van der Waals surface area (Å²) in [4.78, 5) is 10.9. The van der Waals surface area contributed by atoms with Crippen LogP contribution in [0.15, 0.2) is 18.2 Å². The van der Waals surface area contributed by atoms with E-state index in [9.17, 15) is 4.79 Å². The Morgan fingerprint density at radius 1 is 1.45 bits per heavy atom. The van der Waals surface area contributed by atoms with Gasteiger partial charge in [0.25, 0.3) is 0 Å². The number of ether oxygens (including phenoxy) is 1. The lowest BCUT2D eigenvalue weighted by atomic mass is 10.1. The van der Waals surface area contributed by atoms with E-state index in [1.165, 1.54) is 0 Å². The maximum Gasteiger partial charge on any atom is 0.338 e. The van der Waals surface area contributed by atoms with Gasteiger partial charge in [-0.3, -0.25) is 0 Å². The Hall–Kier alpha value is -1.51. The number of cyclic esters (lactones) is 1. The van der Waals surface area contributed by atoms with Crippen molar-refractivity contribution in [2.45, 2.75) is 6.61 Å². The Bertz CT molecular complexity index is 320. The lowest BCUT2D eigenvalue weighted by Crippen LogP contribution is -1.94. The first-order chi connectivity index (χ1) is 5.27. The second-order valence-corrected chi connectivity index (χ2v) is 2.49. The van der Waals surface area contributed by atoms with E-state index in [4.69, 9.17) is 10.5 Å². The molecular weight excluding hydrogens is 142 g/mol. The van der Waals surface area contributed by atoms with Crippen molar-refractivity contribution in [2.75, 3.05) is 5.73 Å². The molecule has 0 aromatic heterocycles. The summed E-state index contributed by atoms with van der Waals surface area (Å²) in [6, 6.07) is 5.22. The van der Waals surface area contributed by atoms with E-state index in [0.29, 0.717) is 17.9 Å². The van der Waals surface area contributed by atoms with Crippen molar-refractivity contribution in [3.63, 3.8) is 0 Å². The lowest BCUT2D eigenvalue weighted by molar-refractivity contribution is 0.0535.